The predicted molar refractivity (Wildman–Crippen MR) is 132 cm³/mol. The molecule has 0 radical (unpaired) electrons. The SMILES string of the molecule is CN(C)[C@@H]1C(OCc2ccccc2)=C(C(N)=O)C(=O)[C@@]2(O)C(O)=C3C(=O)c4c(O)cccc4C[C@H]3C[C@H]12. The average molecular weight is 505 g/mol. The maximum Gasteiger partial charge on any atom is 0.255 e. The number of carbonyl (C=O) groups excluding carboxylic acids is 3. The van der Waals surface area contributed by atoms with Gasteiger partial charge in [0.15, 0.2) is 11.4 Å². The topological polar surface area (TPSA) is 150 Å². The number of aliphatic hydroxyl groups excluding tert-OH is 1. The molecule has 0 heterocycles. The number of hydrogen-bond donors (Lipinski definition) is 4. The lowest BCUT2D eigenvalue weighted by Gasteiger charge is -2.50. The van der Waals surface area contributed by atoms with Crippen LogP contribution in [0, 0.1) is 11.8 Å². The summed E-state index contributed by atoms with van der Waals surface area (Å²) in [4.78, 5) is 41.4. The Hall–Kier alpha value is -3.95. The van der Waals surface area contributed by atoms with Crippen LogP contribution in [0.2, 0.25) is 0 Å². The average Bonchev–Trinajstić information content (AvgIpc) is 2.85. The number of hydrogen-bond acceptors (Lipinski definition) is 8. The van der Waals surface area contributed by atoms with Crippen LogP contribution < -0.4 is 5.73 Å². The molecule has 0 unspecified atom stereocenters. The molecule has 0 saturated carbocycles. The van der Waals surface area contributed by atoms with Gasteiger partial charge in [0.25, 0.3) is 5.91 Å². The summed E-state index contributed by atoms with van der Waals surface area (Å²) in [5, 5.41) is 33.6. The maximum absolute atomic E-state index is 13.8. The fourth-order valence-electron chi connectivity index (χ4n) is 6.05. The van der Waals surface area contributed by atoms with Crippen molar-refractivity contribution in [2.24, 2.45) is 17.6 Å². The molecular weight excluding hydrogens is 476 g/mol. The number of ketones is 2. The summed E-state index contributed by atoms with van der Waals surface area (Å²) in [6.45, 7) is 0.0529. The molecule has 2 aromatic carbocycles. The number of aliphatic hydroxyl groups is 2. The summed E-state index contributed by atoms with van der Waals surface area (Å²) in [7, 11) is 3.42. The molecule has 0 aromatic heterocycles. The zero-order valence-electron chi connectivity index (χ0n) is 20.5. The molecular formula is C28H28N2O7. The summed E-state index contributed by atoms with van der Waals surface area (Å²) in [6, 6.07) is 13.1. The van der Waals surface area contributed by atoms with Crippen LogP contribution in [-0.4, -0.2) is 63.4 Å². The number of primary amides is 1. The van der Waals surface area contributed by atoms with E-state index in [4.69, 9.17) is 10.5 Å². The van der Waals surface area contributed by atoms with E-state index < -0.39 is 52.3 Å². The van der Waals surface area contributed by atoms with Gasteiger partial charge in [-0.05, 0) is 50.0 Å². The number of amides is 1. The first-order valence-electron chi connectivity index (χ1n) is 12.0. The molecule has 0 spiro atoms. The van der Waals surface area contributed by atoms with Gasteiger partial charge in [0.2, 0.25) is 5.78 Å². The Morgan fingerprint density at radius 1 is 1.11 bits per heavy atom. The van der Waals surface area contributed by atoms with Crippen LogP contribution in [0.3, 0.4) is 0 Å². The molecule has 1 amide bonds. The second-order valence-corrected chi connectivity index (χ2v) is 10.0. The Morgan fingerprint density at radius 3 is 2.46 bits per heavy atom. The molecule has 4 atom stereocenters. The van der Waals surface area contributed by atoms with E-state index in [1.165, 1.54) is 6.07 Å². The minimum absolute atomic E-state index is 0.0254. The number of phenolic OH excluding ortho intramolecular Hbond substituents is 1. The molecule has 0 saturated heterocycles. The molecule has 3 aliphatic carbocycles. The molecule has 9 nitrogen and oxygen atoms in total. The van der Waals surface area contributed by atoms with Crippen molar-refractivity contribution in [1.82, 2.24) is 4.90 Å². The quantitative estimate of drug-likeness (QED) is 0.450. The molecule has 5 rings (SSSR count). The first-order chi connectivity index (χ1) is 17.6. The van der Waals surface area contributed by atoms with Gasteiger partial charge < -0.3 is 25.8 Å². The largest absolute Gasteiger partial charge is 0.508 e. The summed E-state index contributed by atoms with van der Waals surface area (Å²) >= 11 is 0. The highest BCUT2D eigenvalue weighted by atomic mass is 16.5. The highest BCUT2D eigenvalue weighted by molar-refractivity contribution is 6.24. The third-order valence-electron chi connectivity index (χ3n) is 7.68. The van der Waals surface area contributed by atoms with Gasteiger partial charge in [0, 0.05) is 11.5 Å². The monoisotopic (exact) mass is 504 g/mol. The molecule has 3 aliphatic rings. The van der Waals surface area contributed by atoms with Crippen LogP contribution in [0.15, 0.2) is 71.2 Å². The number of likely N-dealkylation sites (N-methyl/N-ethyl adjacent to an activating group) is 1. The first-order valence-corrected chi connectivity index (χ1v) is 12.0. The highest BCUT2D eigenvalue weighted by Crippen LogP contribution is 2.52. The number of nitrogens with two attached hydrogens (primary N) is 1. The summed E-state index contributed by atoms with van der Waals surface area (Å²) in [5.74, 6) is -5.35. The third-order valence-corrected chi connectivity index (χ3v) is 7.68. The van der Waals surface area contributed by atoms with Crippen LogP contribution in [0.25, 0.3) is 0 Å². The number of phenols is 1. The van der Waals surface area contributed by atoms with Crippen LogP contribution in [0.5, 0.6) is 5.75 Å². The molecule has 9 heteroatoms. The molecule has 0 bridgehead atoms. The third kappa shape index (κ3) is 3.65. The second-order valence-electron chi connectivity index (χ2n) is 10.0. The standard InChI is InChI=1S/C28H28N2O7/c1-30(2)22-17-12-16-11-15-9-6-10-18(31)19(15)23(32)20(16)25(33)28(17,36)26(34)21(27(29)35)24(22)37-13-14-7-4-3-5-8-14/h3-10,16-17,22,31,33,36H,11-13H2,1-2H3,(H2,29,35)/t16-,17+,22-,28-/m0/s1. The number of benzene rings is 2. The smallest absolute Gasteiger partial charge is 0.255 e. The predicted octanol–water partition coefficient (Wildman–Crippen LogP) is 1.78. The van der Waals surface area contributed by atoms with E-state index in [2.05, 4.69) is 0 Å². The van der Waals surface area contributed by atoms with Crippen LogP contribution in [-0.2, 0) is 27.4 Å². The van der Waals surface area contributed by atoms with E-state index in [9.17, 15) is 29.7 Å². The van der Waals surface area contributed by atoms with E-state index in [1.54, 1.807) is 31.1 Å². The van der Waals surface area contributed by atoms with Gasteiger partial charge in [-0.15, -0.1) is 0 Å². The van der Waals surface area contributed by atoms with Crippen LogP contribution >= 0.6 is 0 Å². The summed E-state index contributed by atoms with van der Waals surface area (Å²) < 4.78 is 6.05. The lowest BCUT2D eigenvalue weighted by molar-refractivity contribution is -0.149. The number of aromatic hydroxyl groups is 1. The van der Waals surface area contributed by atoms with Crippen LogP contribution in [0.1, 0.15) is 27.9 Å². The van der Waals surface area contributed by atoms with E-state index in [0.29, 0.717) is 12.0 Å². The van der Waals surface area contributed by atoms with Crippen molar-refractivity contribution in [1.29, 1.82) is 0 Å². The van der Waals surface area contributed by atoms with Gasteiger partial charge in [-0.3, -0.25) is 19.3 Å². The van der Waals surface area contributed by atoms with Gasteiger partial charge in [-0.25, -0.2) is 0 Å². The first kappa shape index (κ1) is 24.7. The number of carbonyl (C=O) groups is 3. The Kier molecular flexibility index (Phi) is 5.92. The lowest BCUT2D eigenvalue weighted by atomic mass is 9.58. The summed E-state index contributed by atoms with van der Waals surface area (Å²) in [5.41, 5.74) is 3.83. The molecule has 37 heavy (non-hydrogen) atoms. The molecule has 0 fully saturated rings. The van der Waals surface area contributed by atoms with Crippen molar-refractivity contribution < 1.29 is 34.4 Å². The van der Waals surface area contributed by atoms with E-state index in [1.807, 2.05) is 30.3 Å². The van der Waals surface area contributed by atoms with E-state index in [-0.39, 0.29) is 35.7 Å². The van der Waals surface area contributed by atoms with Gasteiger partial charge in [0.05, 0.1) is 11.6 Å². The van der Waals surface area contributed by atoms with Crippen molar-refractivity contribution in [3.63, 3.8) is 0 Å². The number of fused-ring (bicyclic) bond motifs is 3. The normalized spacial score (nSPS) is 27.1. The zero-order chi connectivity index (χ0) is 26.6. The number of Topliss-reactive ketones (excluding diaryl/α,β-unsaturated/α-hetero) is 2. The van der Waals surface area contributed by atoms with Gasteiger partial charge in [0.1, 0.15) is 29.4 Å². The number of nitrogens with zero attached hydrogens (tertiary/aromatic N) is 1. The molecule has 2 aromatic rings. The van der Waals surface area contributed by atoms with E-state index in [0.717, 1.165) is 5.56 Å². The number of ether oxygens (including phenoxy) is 1. The van der Waals surface area contributed by atoms with Crippen molar-refractivity contribution in [3.05, 3.63) is 87.9 Å². The van der Waals surface area contributed by atoms with Gasteiger partial charge in [-0.2, -0.15) is 0 Å². The second kappa shape index (κ2) is 8.86. The Balaban J connectivity index is 1.66. The number of rotatable bonds is 5. The van der Waals surface area contributed by atoms with Gasteiger partial charge >= 0.3 is 0 Å². The van der Waals surface area contributed by atoms with Gasteiger partial charge in [-0.1, -0.05) is 42.5 Å². The maximum atomic E-state index is 13.8. The Bertz CT molecular complexity index is 1380. The Labute approximate surface area is 213 Å². The fraction of sp³-hybridized carbons (Fsp3) is 0.321. The molecule has 5 N–H and O–H groups in total. The van der Waals surface area contributed by atoms with Crippen molar-refractivity contribution in [2.45, 2.75) is 31.1 Å². The Morgan fingerprint density at radius 2 is 1.81 bits per heavy atom. The van der Waals surface area contributed by atoms with E-state index >= 15 is 0 Å². The minimum Gasteiger partial charge on any atom is -0.508 e. The lowest BCUT2D eigenvalue weighted by Crippen LogP contribution is -2.64. The molecule has 192 valence electrons. The van der Waals surface area contributed by atoms with Crippen molar-refractivity contribution >= 4 is 17.5 Å². The number of allylic oxidation sites excluding steroid dienone is 1. The molecule has 0 aliphatic heterocycles. The van der Waals surface area contributed by atoms with Crippen LogP contribution in [0.4, 0.5) is 0 Å². The zero-order valence-corrected chi connectivity index (χ0v) is 20.5. The minimum atomic E-state index is -2.57. The van der Waals surface area contributed by atoms with Crippen molar-refractivity contribution in [2.75, 3.05) is 14.1 Å². The highest BCUT2D eigenvalue weighted by Gasteiger charge is 2.63. The van der Waals surface area contributed by atoms with Crippen molar-refractivity contribution in [3.8, 4) is 5.75 Å². The summed E-state index contributed by atoms with van der Waals surface area (Å²) in [6.07, 6.45) is 0.470. The fourth-order valence-corrected chi connectivity index (χ4v) is 6.05.